The summed E-state index contributed by atoms with van der Waals surface area (Å²) in [5.74, 6) is -0.439. The molecule has 6 rings (SSSR count). The van der Waals surface area contributed by atoms with Crippen molar-refractivity contribution in [1.82, 2.24) is 0 Å². The molecule has 7 heteroatoms. The molecule has 3 aromatic carbocycles. The number of allylic oxidation sites excluding steroid dienone is 7. The number of hydrogen-bond acceptors (Lipinski definition) is 6. The molecule has 0 saturated carbocycles. The lowest BCUT2D eigenvalue weighted by atomic mass is 9.81. The molecule has 1 aliphatic carbocycles. The smallest absolute Gasteiger partial charge is 0.311 e. The van der Waals surface area contributed by atoms with Gasteiger partial charge in [0.05, 0.1) is 24.4 Å². The van der Waals surface area contributed by atoms with Crippen LogP contribution in [0.1, 0.15) is 98.6 Å². The van der Waals surface area contributed by atoms with Gasteiger partial charge in [0, 0.05) is 52.4 Å². The third kappa shape index (κ3) is 7.87. The predicted molar refractivity (Wildman–Crippen MR) is 220 cm³/mol. The van der Waals surface area contributed by atoms with Gasteiger partial charge in [-0.1, -0.05) is 62.4 Å². The van der Waals surface area contributed by atoms with E-state index in [0.29, 0.717) is 5.75 Å². The molecule has 0 radical (unpaired) electrons. The molecular weight excluding hydrogens is 671 g/mol. The number of benzene rings is 3. The van der Waals surface area contributed by atoms with E-state index in [1.165, 1.54) is 45.1 Å². The van der Waals surface area contributed by atoms with Gasteiger partial charge in [-0.3, -0.25) is 9.59 Å². The molecule has 0 atom stereocenters. The largest absolute Gasteiger partial charge is 0.463 e. The average Bonchev–Trinajstić information content (AvgIpc) is 3.51. The number of carbonyl (C=O) groups excluding carboxylic acids is 2. The second-order valence-corrected chi connectivity index (χ2v) is 15.7. The Morgan fingerprint density at radius 1 is 0.833 bits per heavy atom. The standard InChI is InChI=1S/C47H55N3O4/c1-9-49-39-20-13-11-18-37(39)46(5,6)41(49)28-22-33-16-15-17-34(23-29-42-47(7,8)38-19-12-14-21-40(38)50(42)10-2)45(33)48-35-24-26-36(27-25-35)54-44(52)31-30-43(51)53-32(3)4/h11-14,18-29,32H,9-10,15-17,30-31H2,1-8H3/p+1/b33-22+,41-28+. The molecule has 282 valence electrons. The van der Waals surface area contributed by atoms with Crippen molar-refractivity contribution in [2.45, 2.75) is 104 Å². The maximum absolute atomic E-state index is 12.5. The van der Waals surface area contributed by atoms with Gasteiger partial charge in [-0.05, 0) is 114 Å². The molecule has 3 aliphatic rings. The van der Waals surface area contributed by atoms with Crippen LogP contribution >= 0.6 is 0 Å². The van der Waals surface area contributed by atoms with Crippen molar-refractivity contribution in [2.75, 3.05) is 23.3 Å². The third-order valence-corrected chi connectivity index (χ3v) is 10.9. The van der Waals surface area contributed by atoms with Crippen LogP contribution in [0.2, 0.25) is 0 Å². The van der Waals surface area contributed by atoms with Crippen molar-refractivity contribution in [3.05, 3.63) is 131 Å². The number of para-hydroxylation sites is 2. The Kier molecular flexibility index (Phi) is 11.5. The summed E-state index contributed by atoms with van der Waals surface area (Å²) in [5.41, 5.74) is 12.1. The summed E-state index contributed by atoms with van der Waals surface area (Å²) >= 11 is 0. The number of likely N-dealkylation sites (N-methyl/N-ethyl adjacent to an activating group) is 1. The topological polar surface area (TPSA) is 70.9 Å². The lowest BCUT2D eigenvalue weighted by Gasteiger charge is -2.27. The molecule has 0 unspecified atom stereocenters. The molecule has 2 aliphatic heterocycles. The molecule has 54 heavy (non-hydrogen) atoms. The Hall–Kier alpha value is -5.17. The Morgan fingerprint density at radius 3 is 2.22 bits per heavy atom. The first-order chi connectivity index (χ1) is 25.8. The Morgan fingerprint density at radius 2 is 1.52 bits per heavy atom. The van der Waals surface area contributed by atoms with E-state index in [-0.39, 0.29) is 29.8 Å². The van der Waals surface area contributed by atoms with Gasteiger partial charge in [0.15, 0.2) is 5.71 Å². The van der Waals surface area contributed by atoms with Gasteiger partial charge >= 0.3 is 11.9 Å². The highest BCUT2D eigenvalue weighted by molar-refractivity contribution is 6.03. The van der Waals surface area contributed by atoms with E-state index in [0.717, 1.165) is 43.7 Å². The Balaban J connectivity index is 1.33. The van der Waals surface area contributed by atoms with E-state index >= 15 is 0 Å². The zero-order valence-corrected chi connectivity index (χ0v) is 33.3. The SMILES string of the molecule is CCN1/C(=C/C=C2\CCCC(/C=C/C3=[N+](CC)c4ccccc4C3(C)C)=C2Nc2ccc(OC(=O)CCC(=O)OC(C)C)cc2)C(C)(C)c2ccccc21. The summed E-state index contributed by atoms with van der Waals surface area (Å²) in [5, 5.41) is 3.79. The Bertz CT molecular complexity index is 2060. The van der Waals surface area contributed by atoms with Gasteiger partial charge in [-0.15, -0.1) is 0 Å². The normalized spacial score (nSPS) is 18.9. The summed E-state index contributed by atoms with van der Waals surface area (Å²) in [6.07, 6.45) is 12.0. The summed E-state index contributed by atoms with van der Waals surface area (Å²) in [4.78, 5) is 26.8. The summed E-state index contributed by atoms with van der Waals surface area (Å²) in [7, 11) is 0. The molecule has 3 aromatic rings. The second kappa shape index (κ2) is 16.1. The number of carbonyl (C=O) groups is 2. The molecule has 0 aromatic heterocycles. The zero-order valence-electron chi connectivity index (χ0n) is 33.3. The van der Waals surface area contributed by atoms with Crippen LogP contribution in [0, 0.1) is 0 Å². The number of esters is 2. The molecular formula is C47H56N3O4+. The fraction of sp³-hybridized carbons (Fsp3) is 0.383. The number of ether oxygens (including phenoxy) is 2. The third-order valence-electron chi connectivity index (χ3n) is 10.9. The van der Waals surface area contributed by atoms with Gasteiger partial charge in [-0.2, -0.15) is 4.58 Å². The van der Waals surface area contributed by atoms with Crippen molar-refractivity contribution in [3.8, 4) is 5.75 Å². The van der Waals surface area contributed by atoms with Crippen molar-refractivity contribution >= 4 is 34.7 Å². The first-order valence-corrected chi connectivity index (χ1v) is 19.6. The molecule has 0 bridgehead atoms. The van der Waals surface area contributed by atoms with Crippen LogP contribution in [0.15, 0.2) is 120 Å². The van der Waals surface area contributed by atoms with Crippen LogP contribution < -0.4 is 15.0 Å². The van der Waals surface area contributed by atoms with Crippen molar-refractivity contribution < 1.29 is 23.6 Å². The van der Waals surface area contributed by atoms with Gasteiger partial charge in [0.25, 0.3) is 0 Å². The highest BCUT2D eigenvalue weighted by Gasteiger charge is 2.43. The number of anilines is 2. The van der Waals surface area contributed by atoms with Gasteiger partial charge in [0.1, 0.15) is 12.3 Å². The van der Waals surface area contributed by atoms with Crippen LogP contribution in [0.25, 0.3) is 0 Å². The fourth-order valence-corrected chi connectivity index (χ4v) is 8.20. The van der Waals surface area contributed by atoms with E-state index < -0.39 is 11.9 Å². The fourth-order valence-electron chi connectivity index (χ4n) is 8.20. The van der Waals surface area contributed by atoms with E-state index in [1.54, 1.807) is 26.0 Å². The number of hydrogen-bond donors (Lipinski definition) is 1. The minimum atomic E-state index is -0.467. The van der Waals surface area contributed by atoms with Crippen molar-refractivity contribution in [1.29, 1.82) is 0 Å². The van der Waals surface area contributed by atoms with Crippen LogP contribution in [-0.2, 0) is 25.2 Å². The number of nitrogens with zero attached hydrogens (tertiary/aromatic N) is 2. The average molecular weight is 727 g/mol. The summed E-state index contributed by atoms with van der Waals surface area (Å²) < 4.78 is 13.1. The van der Waals surface area contributed by atoms with Crippen molar-refractivity contribution in [3.63, 3.8) is 0 Å². The van der Waals surface area contributed by atoms with Crippen LogP contribution in [0.4, 0.5) is 17.1 Å². The van der Waals surface area contributed by atoms with Crippen LogP contribution in [0.3, 0.4) is 0 Å². The van der Waals surface area contributed by atoms with Gasteiger partial charge in [-0.25, -0.2) is 0 Å². The first-order valence-electron chi connectivity index (χ1n) is 19.6. The summed E-state index contributed by atoms with van der Waals surface area (Å²) in [6.45, 7) is 19.1. The van der Waals surface area contributed by atoms with Crippen LogP contribution in [0.5, 0.6) is 5.75 Å². The van der Waals surface area contributed by atoms with Gasteiger partial charge in [0.2, 0.25) is 5.69 Å². The zero-order chi connectivity index (χ0) is 38.6. The lowest BCUT2D eigenvalue weighted by Crippen LogP contribution is -2.27. The monoisotopic (exact) mass is 726 g/mol. The minimum absolute atomic E-state index is 0.00983. The van der Waals surface area contributed by atoms with E-state index in [4.69, 9.17) is 9.47 Å². The maximum Gasteiger partial charge on any atom is 0.311 e. The molecule has 1 N–H and O–H groups in total. The van der Waals surface area contributed by atoms with Gasteiger partial charge < -0.3 is 19.7 Å². The number of rotatable bonds is 12. The van der Waals surface area contributed by atoms with Crippen molar-refractivity contribution in [2.24, 2.45) is 0 Å². The lowest BCUT2D eigenvalue weighted by molar-refractivity contribution is -0.433. The molecule has 0 fully saturated rings. The Labute approximate surface area is 321 Å². The van der Waals surface area contributed by atoms with E-state index in [2.05, 4.69) is 129 Å². The quantitative estimate of drug-likeness (QED) is 0.114. The molecule has 2 heterocycles. The first kappa shape index (κ1) is 38.6. The predicted octanol–water partition coefficient (Wildman–Crippen LogP) is 10.5. The maximum atomic E-state index is 12.5. The second-order valence-electron chi connectivity index (χ2n) is 15.7. The molecule has 0 amide bonds. The summed E-state index contributed by atoms with van der Waals surface area (Å²) in [6, 6.07) is 25.0. The molecule has 7 nitrogen and oxygen atoms in total. The highest BCUT2D eigenvalue weighted by Crippen LogP contribution is 2.48. The minimum Gasteiger partial charge on any atom is -0.463 e. The van der Waals surface area contributed by atoms with E-state index in [1.807, 2.05) is 12.1 Å². The number of nitrogens with one attached hydrogen (secondary N) is 1. The van der Waals surface area contributed by atoms with E-state index in [9.17, 15) is 9.59 Å². The highest BCUT2D eigenvalue weighted by atomic mass is 16.5. The molecule has 0 saturated heterocycles. The molecule has 0 spiro atoms. The van der Waals surface area contributed by atoms with Crippen LogP contribution in [-0.4, -0.2) is 41.4 Å². The number of fused-ring (bicyclic) bond motifs is 2.